The van der Waals surface area contributed by atoms with E-state index in [9.17, 15) is 4.79 Å². The highest BCUT2D eigenvalue weighted by molar-refractivity contribution is 5.89. The van der Waals surface area contributed by atoms with Gasteiger partial charge in [0.15, 0.2) is 11.6 Å². The van der Waals surface area contributed by atoms with E-state index in [0.29, 0.717) is 36.2 Å². The molecule has 0 spiro atoms. The summed E-state index contributed by atoms with van der Waals surface area (Å²) in [5.74, 6) is 1.62. The standard InChI is InChI=1S/C21H23N7O2/c1-4-27(13-15-7-9-16(10-8-15)20(29)30-3)21-23-19(17-6-5-11-28(17)26-21)22-18-12-14(2)24-25-18/h5-12H,4,13H2,1-3H3,(H2,22,23,24,25,26). The topological polar surface area (TPSA) is 100 Å². The summed E-state index contributed by atoms with van der Waals surface area (Å²) >= 11 is 0. The van der Waals surface area contributed by atoms with Gasteiger partial charge in [-0.15, -0.1) is 5.10 Å². The van der Waals surface area contributed by atoms with Crippen LogP contribution in [-0.2, 0) is 11.3 Å². The number of hydrogen-bond acceptors (Lipinski definition) is 7. The third-order valence-electron chi connectivity index (χ3n) is 4.75. The lowest BCUT2D eigenvalue weighted by atomic mass is 10.1. The number of aromatic nitrogens is 5. The van der Waals surface area contributed by atoms with E-state index in [-0.39, 0.29) is 5.97 Å². The fourth-order valence-electron chi connectivity index (χ4n) is 3.16. The molecule has 0 atom stereocenters. The molecular formula is C21H23N7O2. The first-order valence-corrected chi connectivity index (χ1v) is 9.64. The zero-order valence-corrected chi connectivity index (χ0v) is 17.1. The number of aryl methyl sites for hydroxylation is 1. The minimum Gasteiger partial charge on any atom is -0.465 e. The minimum atomic E-state index is -0.348. The molecule has 30 heavy (non-hydrogen) atoms. The van der Waals surface area contributed by atoms with E-state index in [1.54, 1.807) is 16.6 Å². The Bertz CT molecular complexity index is 1160. The average molecular weight is 405 g/mol. The van der Waals surface area contributed by atoms with Gasteiger partial charge in [0.25, 0.3) is 0 Å². The third kappa shape index (κ3) is 3.95. The molecule has 0 saturated carbocycles. The van der Waals surface area contributed by atoms with Crippen LogP contribution in [-0.4, -0.2) is 44.4 Å². The Labute approximate surface area is 173 Å². The van der Waals surface area contributed by atoms with E-state index in [4.69, 9.17) is 9.72 Å². The van der Waals surface area contributed by atoms with E-state index in [0.717, 1.165) is 16.8 Å². The summed E-state index contributed by atoms with van der Waals surface area (Å²) in [4.78, 5) is 18.5. The molecule has 1 aromatic carbocycles. The Morgan fingerprint density at radius 1 is 1.27 bits per heavy atom. The first kappa shape index (κ1) is 19.4. The molecule has 4 rings (SSSR count). The van der Waals surface area contributed by atoms with Crippen LogP contribution in [0, 0.1) is 6.92 Å². The van der Waals surface area contributed by atoms with Gasteiger partial charge in [-0.1, -0.05) is 12.1 Å². The smallest absolute Gasteiger partial charge is 0.337 e. The van der Waals surface area contributed by atoms with Crippen molar-refractivity contribution in [1.82, 2.24) is 24.8 Å². The lowest BCUT2D eigenvalue weighted by molar-refractivity contribution is 0.0600. The largest absolute Gasteiger partial charge is 0.465 e. The van der Waals surface area contributed by atoms with Crippen LogP contribution in [0.5, 0.6) is 0 Å². The monoisotopic (exact) mass is 405 g/mol. The van der Waals surface area contributed by atoms with Crippen LogP contribution >= 0.6 is 0 Å². The molecular weight excluding hydrogens is 382 g/mol. The van der Waals surface area contributed by atoms with Crippen molar-refractivity contribution >= 4 is 29.1 Å². The summed E-state index contributed by atoms with van der Waals surface area (Å²) in [6.45, 7) is 5.31. The number of nitrogens with zero attached hydrogens (tertiary/aromatic N) is 5. The minimum absolute atomic E-state index is 0.348. The van der Waals surface area contributed by atoms with Crippen LogP contribution in [0.2, 0.25) is 0 Å². The van der Waals surface area contributed by atoms with E-state index in [1.807, 2.05) is 43.5 Å². The Morgan fingerprint density at radius 3 is 2.73 bits per heavy atom. The first-order valence-electron chi connectivity index (χ1n) is 9.64. The number of H-pyrrole nitrogens is 1. The van der Waals surface area contributed by atoms with Crippen molar-refractivity contribution in [3.8, 4) is 0 Å². The number of fused-ring (bicyclic) bond motifs is 1. The van der Waals surface area contributed by atoms with Gasteiger partial charge in [-0.25, -0.2) is 9.31 Å². The van der Waals surface area contributed by atoms with Gasteiger partial charge in [0.1, 0.15) is 5.52 Å². The number of rotatable bonds is 7. The van der Waals surface area contributed by atoms with Gasteiger partial charge in [-0.05, 0) is 43.7 Å². The number of nitrogens with one attached hydrogen (secondary N) is 2. The molecule has 3 aromatic heterocycles. The van der Waals surface area contributed by atoms with Crippen LogP contribution < -0.4 is 10.2 Å². The van der Waals surface area contributed by atoms with Gasteiger partial charge in [-0.2, -0.15) is 10.1 Å². The van der Waals surface area contributed by atoms with Crippen LogP contribution in [0.25, 0.3) is 5.52 Å². The molecule has 0 saturated heterocycles. The summed E-state index contributed by atoms with van der Waals surface area (Å²) in [6.07, 6.45) is 1.89. The van der Waals surface area contributed by atoms with Crippen molar-refractivity contribution in [2.75, 3.05) is 23.9 Å². The zero-order chi connectivity index (χ0) is 21.1. The van der Waals surface area contributed by atoms with Crippen molar-refractivity contribution in [2.45, 2.75) is 20.4 Å². The normalized spacial score (nSPS) is 10.9. The van der Waals surface area contributed by atoms with Gasteiger partial charge in [0.05, 0.1) is 12.7 Å². The maximum Gasteiger partial charge on any atom is 0.337 e. The van der Waals surface area contributed by atoms with Gasteiger partial charge in [0.2, 0.25) is 5.95 Å². The highest BCUT2D eigenvalue weighted by Gasteiger charge is 2.15. The molecule has 0 aliphatic carbocycles. The highest BCUT2D eigenvalue weighted by atomic mass is 16.5. The number of methoxy groups -OCH3 is 1. The molecule has 0 amide bonds. The fourth-order valence-corrected chi connectivity index (χ4v) is 3.16. The Hall–Kier alpha value is -3.88. The molecule has 0 aliphatic heterocycles. The molecule has 9 nitrogen and oxygen atoms in total. The average Bonchev–Trinajstić information content (AvgIpc) is 3.40. The number of hydrogen-bond donors (Lipinski definition) is 2. The number of anilines is 3. The summed E-state index contributed by atoms with van der Waals surface area (Å²) in [5, 5.41) is 15.1. The summed E-state index contributed by atoms with van der Waals surface area (Å²) in [5.41, 5.74) is 3.38. The van der Waals surface area contributed by atoms with Crippen LogP contribution in [0.4, 0.5) is 17.6 Å². The number of aromatic amines is 1. The van der Waals surface area contributed by atoms with Gasteiger partial charge in [-0.3, -0.25) is 5.10 Å². The summed E-state index contributed by atoms with van der Waals surface area (Å²) in [7, 11) is 1.37. The second-order valence-corrected chi connectivity index (χ2v) is 6.86. The van der Waals surface area contributed by atoms with E-state index in [2.05, 4.69) is 32.4 Å². The fraction of sp³-hybridized carbons (Fsp3) is 0.238. The van der Waals surface area contributed by atoms with Crippen LogP contribution in [0.3, 0.4) is 0 Å². The maximum atomic E-state index is 11.6. The molecule has 0 radical (unpaired) electrons. The van der Waals surface area contributed by atoms with Crippen molar-refractivity contribution in [3.63, 3.8) is 0 Å². The molecule has 0 unspecified atom stereocenters. The van der Waals surface area contributed by atoms with E-state index < -0.39 is 0 Å². The second kappa shape index (κ2) is 8.24. The zero-order valence-electron chi connectivity index (χ0n) is 17.1. The molecule has 0 bridgehead atoms. The van der Waals surface area contributed by atoms with Crippen LogP contribution in [0.15, 0.2) is 48.7 Å². The van der Waals surface area contributed by atoms with E-state index in [1.165, 1.54) is 7.11 Å². The number of ether oxygens (including phenoxy) is 1. The number of carbonyl (C=O) groups is 1. The molecule has 9 heteroatoms. The van der Waals surface area contributed by atoms with Gasteiger partial charge >= 0.3 is 5.97 Å². The Morgan fingerprint density at radius 2 is 2.07 bits per heavy atom. The third-order valence-corrected chi connectivity index (χ3v) is 4.75. The lowest BCUT2D eigenvalue weighted by Crippen LogP contribution is -2.25. The summed E-state index contributed by atoms with van der Waals surface area (Å²) < 4.78 is 6.56. The molecule has 3 heterocycles. The molecule has 0 fully saturated rings. The predicted octanol–water partition coefficient (Wildman–Crippen LogP) is 3.32. The quantitative estimate of drug-likeness (QED) is 0.455. The molecule has 2 N–H and O–H groups in total. The first-order chi connectivity index (χ1) is 14.6. The highest BCUT2D eigenvalue weighted by Crippen LogP contribution is 2.23. The summed E-state index contributed by atoms with van der Waals surface area (Å²) in [6, 6.07) is 13.1. The van der Waals surface area contributed by atoms with Crippen molar-refractivity contribution in [1.29, 1.82) is 0 Å². The van der Waals surface area contributed by atoms with Gasteiger partial charge < -0.3 is 15.0 Å². The number of carbonyl (C=O) groups excluding carboxylic acids is 1. The molecule has 154 valence electrons. The lowest BCUT2D eigenvalue weighted by Gasteiger charge is -2.22. The number of benzene rings is 1. The van der Waals surface area contributed by atoms with Gasteiger partial charge in [0, 0.05) is 31.0 Å². The van der Waals surface area contributed by atoms with Crippen LogP contribution in [0.1, 0.15) is 28.5 Å². The molecule has 4 aromatic rings. The molecule has 0 aliphatic rings. The Balaban J connectivity index is 1.62. The second-order valence-electron chi connectivity index (χ2n) is 6.86. The van der Waals surface area contributed by atoms with Crippen molar-refractivity contribution < 1.29 is 9.53 Å². The van der Waals surface area contributed by atoms with E-state index >= 15 is 0 Å². The number of esters is 1. The maximum absolute atomic E-state index is 11.6. The Kier molecular flexibility index (Phi) is 5.34. The van der Waals surface area contributed by atoms with Crippen molar-refractivity contribution in [3.05, 3.63) is 65.5 Å². The van der Waals surface area contributed by atoms with Crippen molar-refractivity contribution in [2.24, 2.45) is 0 Å². The predicted molar refractivity (Wildman–Crippen MR) is 114 cm³/mol. The SMILES string of the molecule is CCN(Cc1ccc(C(=O)OC)cc1)c1nc(Nc2cc(C)[nH]n2)c2cccn2n1.